The van der Waals surface area contributed by atoms with Gasteiger partial charge in [-0.15, -0.1) is 0 Å². The summed E-state index contributed by atoms with van der Waals surface area (Å²) in [6.45, 7) is 0.992. The molecule has 8 heteroatoms. The molecule has 1 aromatic heterocycles. The average molecular weight is 467 g/mol. The van der Waals surface area contributed by atoms with Gasteiger partial charge in [-0.05, 0) is 48.0 Å². The fraction of sp³-hybridized carbons (Fsp3) is 0.148. The second-order valence-electron chi connectivity index (χ2n) is 8.31. The molecule has 1 aliphatic heterocycles. The number of hydrogen-bond donors (Lipinski definition) is 2. The quantitative estimate of drug-likeness (QED) is 0.401. The molecule has 1 aliphatic carbocycles. The molecule has 0 unspecified atom stereocenters. The number of carbonyl (C=O) groups is 2. The standard InChI is InChI=1S/C27H21N3O5/c1-33-17-8-6-16(7-9-17)25-24-26(30-29-25)18-3-2-4-19(23(18)27(24)32)28-22(31)14-15-5-10-20-21(13-15)35-12-11-34-20/h2-10,13H,11-12,14H2,1H3,(H,28,31)(H,29,30). The lowest BCUT2D eigenvalue weighted by Gasteiger charge is -2.18. The number of nitrogens with zero attached hydrogens (tertiary/aromatic N) is 1. The molecule has 0 saturated carbocycles. The van der Waals surface area contributed by atoms with Crippen molar-refractivity contribution < 1.29 is 23.8 Å². The monoisotopic (exact) mass is 467 g/mol. The van der Waals surface area contributed by atoms with Gasteiger partial charge in [-0.3, -0.25) is 14.7 Å². The van der Waals surface area contributed by atoms with E-state index in [-0.39, 0.29) is 18.1 Å². The zero-order valence-corrected chi connectivity index (χ0v) is 18.9. The Bertz CT molecular complexity index is 1470. The van der Waals surface area contributed by atoms with Crippen LogP contribution >= 0.6 is 0 Å². The van der Waals surface area contributed by atoms with Crippen molar-refractivity contribution in [3.8, 4) is 39.8 Å². The number of ketones is 1. The third-order valence-corrected chi connectivity index (χ3v) is 6.16. The van der Waals surface area contributed by atoms with Crippen molar-refractivity contribution >= 4 is 17.4 Å². The largest absolute Gasteiger partial charge is 0.497 e. The summed E-state index contributed by atoms with van der Waals surface area (Å²) < 4.78 is 16.4. The number of H-pyrrole nitrogens is 1. The summed E-state index contributed by atoms with van der Waals surface area (Å²) in [5.74, 6) is 1.62. The molecule has 0 atom stereocenters. The highest BCUT2D eigenvalue weighted by atomic mass is 16.6. The molecule has 0 fully saturated rings. The highest BCUT2D eigenvalue weighted by Crippen LogP contribution is 2.43. The topological polar surface area (TPSA) is 103 Å². The van der Waals surface area contributed by atoms with Gasteiger partial charge in [-0.2, -0.15) is 5.10 Å². The predicted octanol–water partition coefficient (Wildman–Crippen LogP) is 4.25. The smallest absolute Gasteiger partial charge is 0.228 e. The van der Waals surface area contributed by atoms with Crippen LogP contribution in [0.15, 0.2) is 60.7 Å². The molecule has 0 saturated heterocycles. The molecule has 0 bridgehead atoms. The third kappa shape index (κ3) is 3.59. The number of aromatic nitrogens is 2. The van der Waals surface area contributed by atoms with Crippen molar-refractivity contribution in [3.63, 3.8) is 0 Å². The van der Waals surface area contributed by atoms with Gasteiger partial charge in [-0.25, -0.2) is 0 Å². The van der Waals surface area contributed by atoms with Crippen LogP contribution in [0.3, 0.4) is 0 Å². The Labute approximate surface area is 200 Å². The second-order valence-corrected chi connectivity index (χ2v) is 8.31. The van der Waals surface area contributed by atoms with E-state index in [0.717, 1.165) is 22.4 Å². The lowest BCUT2D eigenvalue weighted by atomic mass is 10.0. The van der Waals surface area contributed by atoms with Crippen LogP contribution in [0.4, 0.5) is 5.69 Å². The van der Waals surface area contributed by atoms with Gasteiger partial charge >= 0.3 is 0 Å². The molecule has 0 spiro atoms. The molecule has 4 aromatic rings. The van der Waals surface area contributed by atoms with E-state index in [1.165, 1.54) is 0 Å². The van der Waals surface area contributed by atoms with Gasteiger partial charge in [0.25, 0.3) is 0 Å². The van der Waals surface area contributed by atoms with Crippen molar-refractivity contribution in [2.75, 3.05) is 25.6 Å². The molecule has 2 N–H and O–H groups in total. The summed E-state index contributed by atoms with van der Waals surface area (Å²) in [7, 11) is 1.60. The molecular weight excluding hydrogens is 446 g/mol. The lowest BCUT2D eigenvalue weighted by Crippen LogP contribution is -2.18. The number of hydrogen-bond acceptors (Lipinski definition) is 6. The van der Waals surface area contributed by atoms with Crippen LogP contribution in [-0.4, -0.2) is 42.2 Å². The Balaban J connectivity index is 1.26. The highest BCUT2D eigenvalue weighted by molar-refractivity contribution is 6.27. The SMILES string of the molecule is COc1ccc(-c2n[nH]c3c2C(=O)c2c(NC(=O)Cc4ccc5c(c4)OCCO5)cccc2-3)cc1. The minimum atomic E-state index is -0.230. The fourth-order valence-corrected chi connectivity index (χ4v) is 4.53. The van der Waals surface area contributed by atoms with Crippen LogP contribution in [0.5, 0.6) is 17.2 Å². The van der Waals surface area contributed by atoms with Crippen LogP contribution in [0.2, 0.25) is 0 Å². The number of methoxy groups -OCH3 is 1. The number of nitrogens with one attached hydrogen (secondary N) is 2. The van der Waals surface area contributed by atoms with Crippen LogP contribution < -0.4 is 19.5 Å². The normalized spacial score (nSPS) is 13.2. The third-order valence-electron chi connectivity index (χ3n) is 6.16. The first-order valence-corrected chi connectivity index (χ1v) is 11.2. The van der Waals surface area contributed by atoms with Crippen molar-refractivity contribution in [1.82, 2.24) is 10.2 Å². The maximum Gasteiger partial charge on any atom is 0.228 e. The average Bonchev–Trinajstić information content (AvgIpc) is 3.44. The maximum atomic E-state index is 13.5. The van der Waals surface area contributed by atoms with Crippen molar-refractivity contribution in [2.24, 2.45) is 0 Å². The molecule has 1 amide bonds. The van der Waals surface area contributed by atoms with E-state index in [9.17, 15) is 9.59 Å². The number of benzene rings is 3. The molecule has 0 radical (unpaired) electrons. The zero-order valence-electron chi connectivity index (χ0n) is 18.9. The number of aromatic amines is 1. The van der Waals surface area contributed by atoms with E-state index in [4.69, 9.17) is 14.2 Å². The van der Waals surface area contributed by atoms with Crippen LogP contribution in [0, 0.1) is 0 Å². The minimum Gasteiger partial charge on any atom is -0.497 e. The first-order valence-electron chi connectivity index (χ1n) is 11.2. The molecule has 2 heterocycles. The van der Waals surface area contributed by atoms with Crippen molar-refractivity contribution in [1.29, 1.82) is 0 Å². The van der Waals surface area contributed by atoms with Crippen LogP contribution in [0.1, 0.15) is 21.5 Å². The summed E-state index contributed by atoms with van der Waals surface area (Å²) in [5.41, 5.74) is 4.96. The van der Waals surface area contributed by atoms with Gasteiger partial charge in [-0.1, -0.05) is 18.2 Å². The Hall–Kier alpha value is -4.59. The van der Waals surface area contributed by atoms with Gasteiger partial charge < -0.3 is 19.5 Å². The Morgan fingerprint density at radius 2 is 1.83 bits per heavy atom. The molecule has 174 valence electrons. The summed E-state index contributed by atoms with van der Waals surface area (Å²) in [5, 5.41) is 10.3. The Morgan fingerprint density at radius 1 is 1.03 bits per heavy atom. The second kappa shape index (κ2) is 8.32. The lowest BCUT2D eigenvalue weighted by molar-refractivity contribution is -0.115. The number of amides is 1. The summed E-state index contributed by atoms with van der Waals surface area (Å²) in [4.78, 5) is 26.4. The zero-order chi connectivity index (χ0) is 23.9. The van der Waals surface area contributed by atoms with E-state index in [1.807, 2.05) is 48.5 Å². The van der Waals surface area contributed by atoms with Gasteiger partial charge in [0.15, 0.2) is 17.3 Å². The highest BCUT2D eigenvalue weighted by Gasteiger charge is 2.35. The van der Waals surface area contributed by atoms with E-state index < -0.39 is 0 Å². The predicted molar refractivity (Wildman–Crippen MR) is 129 cm³/mol. The van der Waals surface area contributed by atoms with Gasteiger partial charge in [0.2, 0.25) is 5.91 Å². The summed E-state index contributed by atoms with van der Waals surface area (Å²) >= 11 is 0. The minimum absolute atomic E-state index is 0.137. The molecular formula is C27H21N3O5. The number of anilines is 1. The summed E-state index contributed by atoms with van der Waals surface area (Å²) in [6, 6.07) is 18.2. The molecule has 8 nitrogen and oxygen atoms in total. The number of carbonyl (C=O) groups excluding carboxylic acids is 2. The van der Waals surface area contributed by atoms with Gasteiger partial charge in [0, 0.05) is 11.1 Å². The molecule has 6 rings (SSSR count). The van der Waals surface area contributed by atoms with Crippen molar-refractivity contribution in [3.05, 3.63) is 77.4 Å². The molecule has 35 heavy (non-hydrogen) atoms. The van der Waals surface area contributed by atoms with E-state index in [0.29, 0.717) is 52.9 Å². The van der Waals surface area contributed by atoms with Crippen LogP contribution in [-0.2, 0) is 11.2 Å². The Kier molecular flexibility index (Phi) is 4.99. The number of fused-ring (bicyclic) bond motifs is 4. The van der Waals surface area contributed by atoms with Gasteiger partial charge in [0.05, 0.1) is 36.0 Å². The number of ether oxygens (including phenoxy) is 3. The summed E-state index contributed by atoms with van der Waals surface area (Å²) in [6.07, 6.45) is 0.137. The Morgan fingerprint density at radius 3 is 2.63 bits per heavy atom. The van der Waals surface area contributed by atoms with E-state index in [2.05, 4.69) is 15.5 Å². The molecule has 2 aliphatic rings. The maximum absolute atomic E-state index is 13.5. The van der Waals surface area contributed by atoms with Crippen molar-refractivity contribution in [2.45, 2.75) is 6.42 Å². The fourth-order valence-electron chi connectivity index (χ4n) is 4.53. The van der Waals surface area contributed by atoms with E-state index in [1.54, 1.807) is 19.2 Å². The molecule has 3 aromatic carbocycles. The van der Waals surface area contributed by atoms with E-state index >= 15 is 0 Å². The van der Waals surface area contributed by atoms with Crippen LogP contribution in [0.25, 0.3) is 22.5 Å². The first kappa shape index (κ1) is 21.0. The van der Waals surface area contributed by atoms with Gasteiger partial charge in [0.1, 0.15) is 24.7 Å². The number of rotatable bonds is 5. The first-order chi connectivity index (χ1) is 17.1.